The molecule has 1 saturated carbocycles. The summed E-state index contributed by atoms with van der Waals surface area (Å²) in [5.41, 5.74) is 6.71. The number of carbonyl (C=O) groups is 1. The number of ether oxygens (including phenoxy) is 1. The smallest absolute Gasteiger partial charge is 0.264 e. The van der Waals surface area contributed by atoms with Crippen LogP contribution >= 0.6 is 0 Å². The third kappa shape index (κ3) is 6.03. The Kier molecular flexibility index (Phi) is 7.55. The van der Waals surface area contributed by atoms with Gasteiger partial charge in [-0.3, -0.25) is 9.48 Å². The summed E-state index contributed by atoms with van der Waals surface area (Å²) in [4.78, 5) is 18.3. The lowest BCUT2D eigenvalue weighted by Gasteiger charge is -2.28. The molecule has 2 heterocycles. The van der Waals surface area contributed by atoms with E-state index >= 15 is 0 Å². The number of rotatable bonds is 8. The van der Waals surface area contributed by atoms with Crippen molar-refractivity contribution in [3.8, 4) is 11.8 Å². The minimum atomic E-state index is -3.76. The average Bonchev–Trinajstić information content (AvgIpc) is 3.56. The van der Waals surface area contributed by atoms with Gasteiger partial charge in [-0.15, -0.1) is 0 Å². The van der Waals surface area contributed by atoms with Crippen LogP contribution in [0, 0.1) is 11.8 Å². The van der Waals surface area contributed by atoms with Crippen LogP contribution in [0.2, 0.25) is 0 Å². The summed E-state index contributed by atoms with van der Waals surface area (Å²) < 4.78 is 30.8. The minimum absolute atomic E-state index is 0.0277. The number of benzene rings is 2. The van der Waals surface area contributed by atoms with Crippen LogP contribution in [0.3, 0.4) is 0 Å². The van der Waals surface area contributed by atoms with E-state index in [1.165, 1.54) is 25.3 Å². The number of nitrogens with zero attached hydrogens (tertiary/aromatic N) is 2. The summed E-state index contributed by atoms with van der Waals surface area (Å²) in [5.74, 6) is 5.74. The van der Waals surface area contributed by atoms with Crippen molar-refractivity contribution in [3.63, 3.8) is 0 Å². The summed E-state index contributed by atoms with van der Waals surface area (Å²) in [5, 5.41) is 5.34. The number of aromatic nitrogens is 2. The standard InChI is InChI=1S/C30H35N3O5S/c1-29(15-16-29)25-12-9-22(10-13-25)7-8-23-11-14-26-24(20-23)21-31-33(26)18-17-30(2,39(3,35)36)28(34)32-38-27-6-4-5-19-37-27/h9-14,20-21,27H,4-6,15-19H2,1-3H3,(H,32,34)/t27-,30?/m0/s1. The first-order valence-corrected chi connectivity index (χ1v) is 15.3. The van der Waals surface area contributed by atoms with E-state index in [1.807, 2.05) is 18.2 Å². The lowest BCUT2D eigenvalue weighted by atomic mass is 9.97. The van der Waals surface area contributed by atoms with Crippen LogP contribution in [0.4, 0.5) is 0 Å². The molecule has 1 unspecified atom stereocenters. The largest absolute Gasteiger partial charge is 0.350 e. The maximum atomic E-state index is 13.0. The molecule has 1 aliphatic heterocycles. The summed E-state index contributed by atoms with van der Waals surface area (Å²) in [6.45, 7) is 4.49. The van der Waals surface area contributed by atoms with Crippen LogP contribution in [0.15, 0.2) is 48.7 Å². The first-order chi connectivity index (χ1) is 18.6. The highest BCUT2D eigenvalue weighted by Gasteiger charge is 2.44. The van der Waals surface area contributed by atoms with Gasteiger partial charge in [-0.2, -0.15) is 5.10 Å². The van der Waals surface area contributed by atoms with Crippen molar-refractivity contribution in [2.75, 3.05) is 12.9 Å². The number of sulfone groups is 1. The molecular weight excluding hydrogens is 514 g/mol. The van der Waals surface area contributed by atoms with Crippen molar-refractivity contribution >= 4 is 26.6 Å². The normalized spacial score (nSPS) is 20.0. The van der Waals surface area contributed by atoms with Gasteiger partial charge < -0.3 is 4.74 Å². The molecular formula is C30H35N3O5S. The highest BCUT2D eigenvalue weighted by Crippen LogP contribution is 2.47. The van der Waals surface area contributed by atoms with Gasteiger partial charge in [-0.1, -0.05) is 30.9 Å². The van der Waals surface area contributed by atoms with Gasteiger partial charge in [0.2, 0.25) is 0 Å². The van der Waals surface area contributed by atoms with Gasteiger partial charge >= 0.3 is 0 Å². The quantitative estimate of drug-likeness (QED) is 0.333. The predicted octanol–water partition coefficient (Wildman–Crippen LogP) is 4.26. The number of hydrogen-bond acceptors (Lipinski definition) is 6. The Morgan fingerprint density at radius 1 is 1.18 bits per heavy atom. The molecule has 3 aromatic rings. The van der Waals surface area contributed by atoms with Crippen LogP contribution < -0.4 is 5.48 Å². The predicted molar refractivity (Wildman–Crippen MR) is 149 cm³/mol. The molecule has 1 saturated heterocycles. The molecule has 0 radical (unpaired) electrons. The topological polar surface area (TPSA) is 99.5 Å². The van der Waals surface area contributed by atoms with Crippen molar-refractivity contribution in [2.45, 2.75) is 75.4 Å². The lowest BCUT2D eigenvalue weighted by molar-refractivity contribution is -0.201. The average molecular weight is 550 g/mol. The van der Waals surface area contributed by atoms with Gasteiger partial charge in [-0.25, -0.2) is 18.7 Å². The van der Waals surface area contributed by atoms with Crippen molar-refractivity contribution in [3.05, 3.63) is 65.4 Å². The Hall–Kier alpha value is -3.19. The van der Waals surface area contributed by atoms with Gasteiger partial charge in [0.25, 0.3) is 5.91 Å². The SMILES string of the molecule is CC1(c2ccc(C#Cc3ccc4c(cnn4CCC(C)(C(=O)NO[C@H]4CCCCO4)S(C)(=O)=O)c3)cc2)CC1. The molecule has 2 fully saturated rings. The zero-order chi connectivity index (χ0) is 27.7. The summed E-state index contributed by atoms with van der Waals surface area (Å²) in [6.07, 6.45) is 7.26. The lowest BCUT2D eigenvalue weighted by Crippen LogP contribution is -2.51. The van der Waals surface area contributed by atoms with Gasteiger partial charge in [0, 0.05) is 42.3 Å². The molecule has 206 valence electrons. The second-order valence-electron chi connectivity index (χ2n) is 11.1. The Balaban J connectivity index is 1.26. The van der Waals surface area contributed by atoms with Crippen LogP contribution in [0.5, 0.6) is 0 Å². The molecule has 5 rings (SSSR count). The molecule has 1 aromatic heterocycles. The van der Waals surface area contributed by atoms with Crippen LogP contribution in [0.1, 0.15) is 69.1 Å². The highest BCUT2D eigenvalue weighted by molar-refractivity contribution is 7.92. The van der Waals surface area contributed by atoms with Crippen LogP contribution in [0.25, 0.3) is 10.9 Å². The molecule has 1 amide bonds. The number of amides is 1. The minimum Gasteiger partial charge on any atom is -0.350 e. The van der Waals surface area contributed by atoms with E-state index in [0.29, 0.717) is 18.4 Å². The maximum absolute atomic E-state index is 13.0. The van der Waals surface area contributed by atoms with E-state index in [1.54, 1.807) is 10.9 Å². The van der Waals surface area contributed by atoms with E-state index in [0.717, 1.165) is 41.1 Å². The van der Waals surface area contributed by atoms with Crippen molar-refractivity contribution in [2.24, 2.45) is 0 Å². The molecule has 39 heavy (non-hydrogen) atoms. The third-order valence-electron chi connectivity index (χ3n) is 8.10. The molecule has 1 N–H and O–H groups in total. The number of aryl methyl sites for hydroxylation is 1. The molecule has 0 bridgehead atoms. The molecule has 2 aromatic carbocycles. The summed E-state index contributed by atoms with van der Waals surface area (Å²) in [6, 6.07) is 14.3. The molecule has 2 aliphatic rings. The zero-order valence-corrected chi connectivity index (χ0v) is 23.5. The van der Waals surface area contributed by atoms with E-state index in [2.05, 4.69) is 53.6 Å². The fourth-order valence-electron chi connectivity index (χ4n) is 4.74. The van der Waals surface area contributed by atoms with Gasteiger partial charge in [0.15, 0.2) is 20.9 Å². The summed E-state index contributed by atoms with van der Waals surface area (Å²) in [7, 11) is -3.76. The monoisotopic (exact) mass is 549 g/mol. The first-order valence-electron chi connectivity index (χ1n) is 13.4. The van der Waals surface area contributed by atoms with Crippen LogP contribution in [-0.2, 0) is 36.2 Å². The molecule has 2 atom stereocenters. The fourth-order valence-corrected chi connectivity index (χ4v) is 5.58. The molecule has 1 aliphatic carbocycles. The second-order valence-corrected chi connectivity index (χ2v) is 13.6. The molecule has 8 nitrogen and oxygen atoms in total. The second kappa shape index (κ2) is 10.8. The van der Waals surface area contributed by atoms with Crippen molar-refractivity contribution in [1.82, 2.24) is 15.3 Å². The fraction of sp³-hybridized carbons (Fsp3) is 0.467. The number of hydroxylamine groups is 1. The number of fused-ring (bicyclic) bond motifs is 1. The maximum Gasteiger partial charge on any atom is 0.264 e. The van der Waals surface area contributed by atoms with E-state index in [4.69, 9.17) is 9.57 Å². The number of nitrogens with one attached hydrogen (secondary N) is 1. The third-order valence-corrected chi connectivity index (χ3v) is 10.1. The summed E-state index contributed by atoms with van der Waals surface area (Å²) >= 11 is 0. The van der Waals surface area contributed by atoms with E-state index in [-0.39, 0.29) is 13.0 Å². The van der Waals surface area contributed by atoms with E-state index < -0.39 is 26.8 Å². The zero-order valence-electron chi connectivity index (χ0n) is 22.7. The Labute approximate surface area is 229 Å². The van der Waals surface area contributed by atoms with Gasteiger partial charge in [0.1, 0.15) is 0 Å². The number of hydrogen-bond donors (Lipinski definition) is 1. The number of carbonyl (C=O) groups excluding carboxylic acids is 1. The molecule has 0 spiro atoms. The Morgan fingerprint density at radius 3 is 2.56 bits per heavy atom. The highest BCUT2D eigenvalue weighted by atomic mass is 32.2. The van der Waals surface area contributed by atoms with Gasteiger partial charge in [-0.05, 0) is 80.3 Å². The van der Waals surface area contributed by atoms with Crippen molar-refractivity contribution in [1.29, 1.82) is 0 Å². The van der Waals surface area contributed by atoms with Crippen LogP contribution in [-0.4, -0.2) is 48.0 Å². The van der Waals surface area contributed by atoms with Crippen molar-refractivity contribution < 1.29 is 22.8 Å². The van der Waals surface area contributed by atoms with Gasteiger partial charge in [0.05, 0.1) is 11.7 Å². The Morgan fingerprint density at radius 2 is 1.90 bits per heavy atom. The first kappa shape index (κ1) is 27.4. The molecule has 9 heteroatoms. The van der Waals surface area contributed by atoms with E-state index in [9.17, 15) is 13.2 Å². The Bertz CT molecular complexity index is 1520.